The number of carbonyl (C=O) groups is 2. The molecule has 1 amide bonds. The molecule has 0 aliphatic rings. The maximum atomic E-state index is 12.2. The molecule has 0 aromatic heterocycles. The molecule has 0 heterocycles. The van der Waals surface area contributed by atoms with Crippen LogP contribution in [0.15, 0.2) is 42.5 Å². The fraction of sp³-hybridized carbons (Fsp3) is 0.333. The first-order valence-corrected chi connectivity index (χ1v) is 9.92. The van der Waals surface area contributed by atoms with Gasteiger partial charge < -0.3 is 24.3 Å². The van der Waals surface area contributed by atoms with Crippen molar-refractivity contribution in [1.29, 1.82) is 0 Å². The lowest BCUT2D eigenvalue weighted by atomic mass is 10.0. The second-order valence-corrected chi connectivity index (χ2v) is 6.84. The first-order valence-electron chi connectivity index (χ1n) is 9.92. The van der Waals surface area contributed by atoms with Gasteiger partial charge in [0.15, 0.2) is 18.1 Å². The highest BCUT2D eigenvalue weighted by atomic mass is 16.5. The summed E-state index contributed by atoms with van der Waals surface area (Å²) in [7, 11) is 4.54. The van der Waals surface area contributed by atoms with Gasteiger partial charge in [0.2, 0.25) is 5.75 Å². The molecule has 0 saturated heterocycles. The summed E-state index contributed by atoms with van der Waals surface area (Å²) in [5.74, 6) is 0.404. The lowest BCUT2D eigenvalue weighted by Crippen LogP contribution is -2.32. The number of ether oxygens (including phenoxy) is 4. The van der Waals surface area contributed by atoms with Gasteiger partial charge in [-0.25, -0.2) is 4.79 Å². The van der Waals surface area contributed by atoms with Crippen LogP contribution in [0.2, 0.25) is 0 Å². The van der Waals surface area contributed by atoms with Crippen molar-refractivity contribution < 1.29 is 28.5 Å². The highest BCUT2D eigenvalue weighted by molar-refractivity contribution is 5.89. The lowest BCUT2D eigenvalue weighted by Gasteiger charge is -2.17. The van der Waals surface area contributed by atoms with Gasteiger partial charge in [0.25, 0.3) is 5.91 Å². The van der Waals surface area contributed by atoms with E-state index < -0.39 is 5.97 Å². The molecule has 2 aromatic carbocycles. The van der Waals surface area contributed by atoms with Gasteiger partial charge in [-0.2, -0.15) is 0 Å². The maximum absolute atomic E-state index is 12.2. The Balaban J connectivity index is 1.94. The Hall–Kier alpha value is -3.48. The maximum Gasteiger partial charge on any atom is 0.331 e. The summed E-state index contributed by atoms with van der Waals surface area (Å²) in [6.07, 6.45) is 3.51. The summed E-state index contributed by atoms with van der Waals surface area (Å²) in [5.41, 5.74) is 2.81. The van der Waals surface area contributed by atoms with E-state index in [1.165, 1.54) is 27.4 Å². The number of esters is 1. The second-order valence-electron chi connectivity index (χ2n) is 6.84. The van der Waals surface area contributed by atoms with Gasteiger partial charge in [0.1, 0.15) is 0 Å². The van der Waals surface area contributed by atoms with Crippen molar-refractivity contribution in [3.05, 3.63) is 59.2 Å². The van der Waals surface area contributed by atoms with E-state index in [4.69, 9.17) is 18.9 Å². The van der Waals surface area contributed by atoms with Gasteiger partial charge in [0.05, 0.1) is 27.4 Å². The van der Waals surface area contributed by atoms with Crippen LogP contribution in [0.25, 0.3) is 6.08 Å². The molecular weight excluding hydrogens is 398 g/mol. The van der Waals surface area contributed by atoms with E-state index in [0.717, 1.165) is 17.5 Å². The number of hydrogen-bond acceptors (Lipinski definition) is 6. The minimum Gasteiger partial charge on any atom is -0.493 e. The predicted octanol–water partition coefficient (Wildman–Crippen LogP) is 3.84. The number of aryl methyl sites for hydroxylation is 1. The highest BCUT2D eigenvalue weighted by Gasteiger charge is 2.14. The second kappa shape index (κ2) is 11.6. The van der Waals surface area contributed by atoms with E-state index in [2.05, 4.69) is 5.32 Å². The number of amides is 1. The zero-order valence-electron chi connectivity index (χ0n) is 18.6. The van der Waals surface area contributed by atoms with Gasteiger partial charge in [-0.1, -0.05) is 36.8 Å². The van der Waals surface area contributed by atoms with Crippen LogP contribution in [0.4, 0.5) is 0 Å². The van der Waals surface area contributed by atoms with Gasteiger partial charge in [-0.3, -0.25) is 4.79 Å². The van der Waals surface area contributed by atoms with E-state index >= 15 is 0 Å². The van der Waals surface area contributed by atoms with Crippen molar-refractivity contribution >= 4 is 18.0 Å². The molecule has 0 saturated carbocycles. The van der Waals surface area contributed by atoms with Crippen molar-refractivity contribution in [3.63, 3.8) is 0 Å². The van der Waals surface area contributed by atoms with Crippen molar-refractivity contribution in [3.8, 4) is 17.2 Å². The van der Waals surface area contributed by atoms with Crippen molar-refractivity contribution in [2.45, 2.75) is 26.3 Å². The third kappa shape index (κ3) is 6.77. The van der Waals surface area contributed by atoms with E-state index in [-0.39, 0.29) is 18.6 Å². The third-order valence-corrected chi connectivity index (χ3v) is 4.67. The number of methoxy groups -OCH3 is 3. The van der Waals surface area contributed by atoms with Crippen molar-refractivity contribution in [1.82, 2.24) is 5.32 Å². The molecule has 31 heavy (non-hydrogen) atoms. The summed E-state index contributed by atoms with van der Waals surface area (Å²) in [4.78, 5) is 24.2. The third-order valence-electron chi connectivity index (χ3n) is 4.67. The minimum atomic E-state index is -0.632. The largest absolute Gasteiger partial charge is 0.493 e. The quantitative estimate of drug-likeness (QED) is 0.458. The number of nitrogens with one attached hydrogen (secondary N) is 1. The van der Waals surface area contributed by atoms with Crippen LogP contribution in [-0.2, 0) is 14.3 Å². The predicted molar refractivity (Wildman–Crippen MR) is 118 cm³/mol. The summed E-state index contributed by atoms with van der Waals surface area (Å²) in [6.45, 7) is 3.63. The summed E-state index contributed by atoms with van der Waals surface area (Å²) in [6, 6.07) is 11.2. The normalized spacial score (nSPS) is 11.6. The topological polar surface area (TPSA) is 83.1 Å². The van der Waals surface area contributed by atoms with E-state index in [0.29, 0.717) is 22.8 Å². The Labute approximate surface area is 183 Å². The monoisotopic (exact) mass is 427 g/mol. The molecule has 7 nitrogen and oxygen atoms in total. The number of hydrogen-bond donors (Lipinski definition) is 1. The average Bonchev–Trinajstić information content (AvgIpc) is 2.79. The van der Waals surface area contributed by atoms with Crippen molar-refractivity contribution in [2.75, 3.05) is 27.9 Å². The Morgan fingerprint density at radius 3 is 2.13 bits per heavy atom. The van der Waals surface area contributed by atoms with Crippen LogP contribution < -0.4 is 19.5 Å². The van der Waals surface area contributed by atoms with Crippen LogP contribution in [0, 0.1) is 6.92 Å². The van der Waals surface area contributed by atoms with Crippen LogP contribution in [0.1, 0.15) is 36.1 Å². The SMILES string of the molecule is CC[C@@H](NC(=O)COC(=O)/C=C/c1cc(OC)c(OC)c(OC)c1)c1ccc(C)cc1. The summed E-state index contributed by atoms with van der Waals surface area (Å²) < 4.78 is 20.9. The number of carbonyl (C=O) groups excluding carboxylic acids is 2. The smallest absolute Gasteiger partial charge is 0.331 e. The Morgan fingerprint density at radius 2 is 1.61 bits per heavy atom. The van der Waals surface area contributed by atoms with Crippen LogP contribution in [0.3, 0.4) is 0 Å². The Morgan fingerprint density at radius 1 is 1.00 bits per heavy atom. The van der Waals surface area contributed by atoms with Crippen LogP contribution >= 0.6 is 0 Å². The van der Waals surface area contributed by atoms with Gasteiger partial charge >= 0.3 is 5.97 Å². The van der Waals surface area contributed by atoms with Gasteiger partial charge in [-0.05, 0) is 42.7 Å². The van der Waals surface area contributed by atoms with E-state index in [9.17, 15) is 9.59 Å². The average molecular weight is 427 g/mol. The standard InChI is InChI=1S/C24H29NO6/c1-6-19(18-10-7-16(2)8-11-18)25-22(26)15-31-23(27)12-9-17-13-20(28-3)24(30-5)21(14-17)29-4/h7-14,19H,6,15H2,1-5H3,(H,25,26)/b12-9+/t19-/m1/s1. The molecule has 166 valence electrons. The molecule has 2 rings (SSSR count). The molecule has 0 unspecified atom stereocenters. The first kappa shape index (κ1) is 23.8. The van der Waals surface area contributed by atoms with Crippen LogP contribution in [0.5, 0.6) is 17.2 Å². The minimum absolute atomic E-state index is 0.137. The number of rotatable bonds is 10. The van der Waals surface area contributed by atoms with E-state index in [1.54, 1.807) is 18.2 Å². The highest BCUT2D eigenvalue weighted by Crippen LogP contribution is 2.38. The van der Waals surface area contributed by atoms with E-state index in [1.807, 2.05) is 38.1 Å². The molecule has 1 atom stereocenters. The molecule has 0 aliphatic carbocycles. The van der Waals surface area contributed by atoms with Gasteiger partial charge in [0, 0.05) is 6.08 Å². The fourth-order valence-corrected chi connectivity index (χ4v) is 3.00. The molecule has 0 fully saturated rings. The molecule has 7 heteroatoms. The first-order chi connectivity index (χ1) is 14.9. The Kier molecular flexibility index (Phi) is 8.94. The zero-order valence-corrected chi connectivity index (χ0v) is 18.6. The van der Waals surface area contributed by atoms with Crippen LogP contribution in [-0.4, -0.2) is 39.8 Å². The Bertz CT molecular complexity index is 895. The molecule has 0 aliphatic heterocycles. The molecule has 2 aromatic rings. The number of benzene rings is 2. The fourth-order valence-electron chi connectivity index (χ4n) is 3.00. The molecule has 0 bridgehead atoms. The summed E-state index contributed by atoms with van der Waals surface area (Å²) in [5, 5.41) is 2.89. The molecule has 0 spiro atoms. The molecule has 0 radical (unpaired) electrons. The van der Waals surface area contributed by atoms with Crippen molar-refractivity contribution in [2.24, 2.45) is 0 Å². The van der Waals surface area contributed by atoms with Gasteiger partial charge in [-0.15, -0.1) is 0 Å². The summed E-state index contributed by atoms with van der Waals surface area (Å²) >= 11 is 0. The molecular formula is C24H29NO6. The zero-order chi connectivity index (χ0) is 22.8. The molecule has 1 N–H and O–H groups in total. The lowest BCUT2D eigenvalue weighted by molar-refractivity contribution is -0.144.